The standard InChI is InChI=1S/C13H21BrN4O/c1-9-11(14)10(17(5)15-9)8-18-7-6-16(4)12(19)13(18,2)3/h6-8H2,1-5H3. The largest absolute Gasteiger partial charge is 0.343 e. The van der Waals surface area contributed by atoms with Crippen LogP contribution in [0.5, 0.6) is 0 Å². The minimum absolute atomic E-state index is 0.175. The van der Waals surface area contributed by atoms with E-state index in [1.165, 1.54) is 0 Å². The normalized spacial score (nSPS) is 20.1. The van der Waals surface area contributed by atoms with E-state index in [-0.39, 0.29) is 5.91 Å². The van der Waals surface area contributed by atoms with Crippen molar-refractivity contribution in [2.75, 3.05) is 20.1 Å². The molecule has 106 valence electrons. The number of piperazine rings is 1. The Balaban J connectivity index is 2.26. The van der Waals surface area contributed by atoms with E-state index in [1.807, 2.05) is 39.5 Å². The Hall–Kier alpha value is -0.880. The number of nitrogens with zero attached hydrogens (tertiary/aromatic N) is 4. The lowest BCUT2D eigenvalue weighted by molar-refractivity contribution is -0.147. The Kier molecular flexibility index (Phi) is 3.75. The molecule has 1 aliphatic heterocycles. The van der Waals surface area contributed by atoms with Crippen molar-refractivity contribution in [3.8, 4) is 0 Å². The first kappa shape index (κ1) is 14.5. The molecule has 5 nitrogen and oxygen atoms in total. The van der Waals surface area contributed by atoms with Gasteiger partial charge in [0.2, 0.25) is 5.91 Å². The molecular formula is C13H21BrN4O. The Morgan fingerprint density at radius 2 is 1.95 bits per heavy atom. The molecule has 0 unspecified atom stereocenters. The summed E-state index contributed by atoms with van der Waals surface area (Å²) in [6.07, 6.45) is 0. The second-order valence-corrected chi connectivity index (χ2v) is 6.47. The van der Waals surface area contributed by atoms with E-state index in [2.05, 4.69) is 25.9 Å². The molecule has 19 heavy (non-hydrogen) atoms. The molecule has 1 fully saturated rings. The number of rotatable bonds is 2. The molecule has 2 rings (SSSR count). The van der Waals surface area contributed by atoms with E-state index in [9.17, 15) is 4.79 Å². The van der Waals surface area contributed by atoms with Gasteiger partial charge in [0.15, 0.2) is 0 Å². The van der Waals surface area contributed by atoms with Gasteiger partial charge < -0.3 is 4.90 Å². The Bertz CT molecular complexity index is 509. The van der Waals surface area contributed by atoms with Crippen LogP contribution >= 0.6 is 15.9 Å². The van der Waals surface area contributed by atoms with E-state index in [0.29, 0.717) is 0 Å². The summed E-state index contributed by atoms with van der Waals surface area (Å²) < 4.78 is 2.93. The maximum absolute atomic E-state index is 12.3. The summed E-state index contributed by atoms with van der Waals surface area (Å²) in [5.41, 5.74) is 1.63. The zero-order valence-electron chi connectivity index (χ0n) is 12.2. The third-order valence-corrected chi connectivity index (χ3v) is 5.00. The van der Waals surface area contributed by atoms with Crippen LogP contribution in [0.1, 0.15) is 25.2 Å². The van der Waals surface area contributed by atoms with Crippen molar-refractivity contribution in [1.29, 1.82) is 0 Å². The van der Waals surface area contributed by atoms with Gasteiger partial charge >= 0.3 is 0 Å². The van der Waals surface area contributed by atoms with Crippen molar-refractivity contribution >= 4 is 21.8 Å². The minimum Gasteiger partial charge on any atom is -0.343 e. The van der Waals surface area contributed by atoms with Crippen molar-refractivity contribution in [3.05, 3.63) is 15.9 Å². The molecule has 1 aromatic rings. The second kappa shape index (κ2) is 4.90. The van der Waals surface area contributed by atoms with Crippen molar-refractivity contribution in [2.45, 2.75) is 32.9 Å². The number of aromatic nitrogens is 2. The fourth-order valence-electron chi connectivity index (χ4n) is 2.56. The van der Waals surface area contributed by atoms with Gasteiger partial charge in [-0.15, -0.1) is 0 Å². The average Bonchev–Trinajstić information content (AvgIpc) is 2.56. The number of aryl methyl sites for hydroxylation is 2. The number of hydrogen-bond donors (Lipinski definition) is 0. The number of amides is 1. The SMILES string of the molecule is Cc1nn(C)c(CN2CCN(C)C(=O)C2(C)C)c1Br. The number of likely N-dealkylation sites (N-methyl/N-ethyl adjacent to an activating group) is 1. The number of carbonyl (C=O) groups is 1. The summed E-state index contributed by atoms with van der Waals surface area (Å²) in [7, 11) is 3.81. The summed E-state index contributed by atoms with van der Waals surface area (Å²) in [5, 5.41) is 4.41. The van der Waals surface area contributed by atoms with Crippen LogP contribution in [0.4, 0.5) is 0 Å². The summed E-state index contributed by atoms with van der Waals surface area (Å²) in [6, 6.07) is 0. The quantitative estimate of drug-likeness (QED) is 0.827. The molecule has 0 atom stereocenters. The van der Waals surface area contributed by atoms with Crippen LogP contribution in [0.25, 0.3) is 0 Å². The first-order chi connectivity index (χ1) is 8.75. The van der Waals surface area contributed by atoms with Gasteiger partial charge in [0.25, 0.3) is 0 Å². The van der Waals surface area contributed by atoms with Gasteiger partial charge in [0, 0.05) is 33.7 Å². The van der Waals surface area contributed by atoms with Crippen LogP contribution < -0.4 is 0 Å². The highest BCUT2D eigenvalue weighted by Crippen LogP contribution is 2.27. The number of halogens is 1. The summed E-state index contributed by atoms with van der Waals surface area (Å²) >= 11 is 3.59. The van der Waals surface area contributed by atoms with Crippen molar-refractivity contribution in [1.82, 2.24) is 19.6 Å². The Labute approximate surface area is 122 Å². The van der Waals surface area contributed by atoms with E-state index in [4.69, 9.17) is 0 Å². The van der Waals surface area contributed by atoms with Gasteiger partial charge in [-0.25, -0.2) is 0 Å². The molecule has 0 aliphatic carbocycles. The molecule has 0 aromatic carbocycles. The van der Waals surface area contributed by atoms with Gasteiger partial charge in [-0.05, 0) is 36.7 Å². The van der Waals surface area contributed by atoms with Crippen LogP contribution in [-0.4, -0.2) is 51.2 Å². The zero-order valence-corrected chi connectivity index (χ0v) is 13.8. The Morgan fingerprint density at radius 3 is 2.47 bits per heavy atom. The summed E-state index contributed by atoms with van der Waals surface area (Å²) in [5.74, 6) is 0.175. The molecular weight excluding hydrogens is 308 g/mol. The van der Waals surface area contributed by atoms with Gasteiger partial charge in [0.1, 0.15) is 0 Å². The number of carbonyl (C=O) groups excluding carboxylic acids is 1. The first-order valence-electron chi connectivity index (χ1n) is 6.43. The van der Waals surface area contributed by atoms with E-state index in [0.717, 1.165) is 35.5 Å². The van der Waals surface area contributed by atoms with E-state index in [1.54, 1.807) is 4.90 Å². The third-order valence-electron chi connectivity index (χ3n) is 3.97. The molecule has 1 saturated heterocycles. The summed E-state index contributed by atoms with van der Waals surface area (Å²) in [6.45, 7) is 8.34. The van der Waals surface area contributed by atoms with Crippen LogP contribution in [0.15, 0.2) is 4.47 Å². The molecule has 0 spiro atoms. The lowest BCUT2D eigenvalue weighted by Gasteiger charge is -2.44. The lowest BCUT2D eigenvalue weighted by atomic mass is 9.97. The fraction of sp³-hybridized carbons (Fsp3) is 0.692. The third kappa shape index (κ3) is 2.43. The monoisotopic (exact) mass is 328 g/mol. The van der Waals surface area contributed by atoms with Crippen LogP contribution in [0.3, 0.4) is 0 Å². The molecule has 6 heteroatoms. The van der Waals surface area contributed by atoms with Crippen LogP contribution in [-0.2, 0) is 18.4 Å². The lowest BCUT2D eigenvalue weighted by Crippen LogP contribution is -2.61. The van der Waals surface area contributed by atoms with E-state index < -0.39 is 5.54 Å². The smallest absolute Gasteiger partial charge is 0.242 e. The van der Waals surface area contributed by atoms with Crippen LogP contribution in [0, 0.1) is 6.92 Å². The molecule has 0 bridgehead atoms. The van der Waals surface area contributed by atoms with E-state index >= 15 is 0 Å². The topological polar surface area (TPSA) is 41.4 Å². The molecule has 0 radical (unpaired) electrons. The number of hydrogen-bond acceptors (Lipinski definition) is 3. The van der Waals surface area contributed by atoms with Crippen molar-refractivity contribution in [2.24, 2.45) is 7.05 Å². The minimum atomic E-state index is -0.468. The highest BCUT2D eigenvalue weighted by molar-refractivity contribution is 9.10. The predicted octanol–water partition coefficient (Wildman–Crippen LogP) is 1.54. The molecule has 1 aliphatic rings. The Morgan fingerprint density at radius 1 is 1.32 bits per heavy atom. The molecule has 0 N–H and O–H groups in total. The molecule has 0 saturated carbocycles. The van der Waals surface area contributed by atoms with Crippen molar-refractivity contribution < 1.29 is 4.79 Å². The molecule has 1 amide bonds. The van der Waals surface area contributed by atoms with Gasteiger partial charge in [0.05, 0.1) is 21.4 Å². The molecule has 1 aromatic heterocycles. The van der Waals surface area contributed by atoms with Gasteiger partial charge in [-0.2, -0.15) is 5.10 Å². The van der Waals surface area contributed by atoms with Gasteiger partial charge in [-0.3, -0.25) is 14.4 Å². The molecule has 2 heterocycles. The second-order valence-electron chi connectivity index (χ2n) is 5.68. The van der Waals surface area contributed by atoms with Gasteiger partial charge in [-0.1, -0.05) is 0 Å². The fourth-order valence-corrected chi connectivity index (χ4v) is 3.02. The van der Waals surface area contributed by atoms with Crippen LogP contribution in [0.2, 0.25) is 0 Å². The predicted molar refractivity (Wildman–Crippen MR) is 77.8 cm³/mol. The average molecular weight is 329 g/mol. The highest BCUT2D eigenvalue weighted by Gasteiger charge is 2.40. The maximum atomic E-state index is 12.3. The zero-order chi connectivity index (χ0) is 14.4. The highest BCUT2D eigenvalue weighted by atomic mass is 79.9. The van der Waals surface area contributed by atoms with Crippen molar-refractivity contribution in [3.63, 3.8) is 0 Å². The maximum Gasteiger partial charge on any atom is 0.242 e. The first-order valence-corrected chi connectivity index (χ1v) is 7.23. The summed E-state index contributed by atoms with van der Waals surface area (Å²) in [4.78, 5) is 16.3.